The standard InChI is InChI=1S/C17H13FN3O5S/c1-27(25,26)12-7-10(18)5-4-9(12)8-20-16(23)13-15(22)14-11(21-17(13)24)3-2-6-19-14/h2-7,22H,8H2,1H3,(H,20,23). The fraction of sp³-hybridized carbons (Fsp3) is 0.118. The van der Waals surface area contributed by atoms with Gasteiger partial charge in [0, 0.05) is 19.0 Å². The van der Waals surface area contributed by atoms with Gasteiger partial charge in [-0.15, -0.1) is 0 Å². The zero-order valence-corrected chi connectivity index (χ0v) is 14.7. The number of aromatic nitrogens is 1. The summed E-state index contributed by atoms with van der Waals surface area (Å²) in [5.74, 6) is -3.27. The van der Waals surface area contributed by atoms with E-state index in [2.05, 4.69) is 15.6 Å². The molecule has 1 aliphatic heterocycles. The summed E-state index contributed by atoms with van der Waals surface area (Å²) in [5, 5.41) is 16.2. The third-order valence-corrected chi connectivity index (χ3v) is 4.96. The molecular weight excluding hydrogens is 377 g/mol. The number of amides is 2. The van der Waals surface area contributed by atoms with E-state index < -0.39 is 38.8 Å². The molecule has 2 N–H and O–H groups in total. The molecule has 0 unspecified atom stereocenters. The van der Waals surface area contributed by atoms with Crippen LogP contribution in [-0.4, -0.2) is 36.6 Å². The predicted octanol–water partition coefficient (Wildman–Crippen LogP) is 0.986. The van der Waals surface area contributed by atoms with Crippen LogP contribution >= 0.6 is 0 Å². The van der Waals surface area contributed by atoms with Gasteiger partial charge in [-0.1, -0.05) is 6.07 Å². The van der Waals surface area contributed by atoms with Crippen LogP contribution in [0.1, 0.15) is 11.3 Å². The number of rotatable bonds is 4. The molecule has 1 aromatic carbocycles. The molecule has 0 saturated carbocycles. The third-order valence-electron chi connectivity index (χ3n) is 3.78. The fourth-order valence-electron chi connectivity index (χ4n) is 2.54. The molecule has 10 heteroatoms. The van der Waals surface area contributed by atoms with Gasteiger partial charge in [-0.2, -0.15) is 0 Å². The molecular formula is C17H13FN3O5S. The Morgan fingerprint density at radius 2 is 2.04 bits per heavy atom. The first kappa shape index (κ1) is 18.5. The summed E-state index contributed by atoms with van der Waals surface area (Å²) in [6.07, 6.45) is 2.28. The van der Waals surface area contributed by atoms with E-state index in [9.17, 15) is 27.5 Å². The maximum absolute atomic E-state index is 13.4. The minimum atomic E-state index is -3.74. The highest BCUT2D eigenvalue weighted by atomic mass is 32.2. The van der Waals surface area contributed by atoms with Crippen molar-refractivity contribution in [1.29, 1.82) is 0 Å². The van der Waals surface area contributed by atoms with Crippen LogP contribution in [0.5, 0.6) is 0 Å². The maximum Gasteiger partial charge on any atom is 0.287 e. The van der Waals surface area contributed by atoms with E-state index in [1.54, 1.807) is 0 Å². The molecule has 0 fully saturated rings. The Hall–Kier alpha value is -3.27. The highest BCUT2D eigenvalue weighted by Gasteiger charge is 2.32. The Morgan fingerprint density at radius 1 is 1.30 bits per heavy atom. The van der Waals surface area contributed by atoms with Gasteiger partial charge < -0.3 is 10.4 Å². The molecule has 0 saturated heterocycles. The Kier molecular flexibility index (Phi) is 4.66. The Bertz CT molecular complexity index is 1100. The fourth-order valence-corrected chi connectivity index (χ4v) is 3.49. The minimum Gasteiger partial charge on any atom is -0.505 e. The third kappa shape index (κ3) is 3.65. The second-order valence-electron chi connectivity index (χ2n) is 5.72. The number of halogens is 1. The topological polar surface area (TPSA) is 128 Å². The molecule has 139 valence electrons. The van der Waals surface area contributed by atoms with Crippen molar-refractivity contribution >= 4 is 33.1 Å². The Morgan fingerprint density at radius 3 is 2.74 bits per heavy atom. The van der Waals surface area contributed by atoms with Crippen molar-refractivity contribution in [1.82, 2.24) is 15.6 Å². The molecule has 0 atom stereocenters. The summed E-state index contributed by atoms with van der Waals surface area (Å²) in [4.78, 5) is 28.0. The lowest BCUT2D eigenvalue weighted by Gasteiger charge is -2.17. The molecule has 27 heavy (non-hydrogen) atoms. The first-order valence-corrected chi connectivity index (χ1v) is 9.49. The zero-order chi connectivity index (χ0) is 19.8. The van der Waals surface area contributed by atoms with Crippen LogP contribution in [0.2, 0.25) is 0 Å². The van der Waals surface area contributed by atoms with Gasteiger partial charge in [0.25, 0.3) is 11.8 Å². The number of fused-ring (bicyclic) bond motifs is 1. The normalized spacial score (nSPS) is 13.8. The molecule has 2 heterocycles. The number of pyridine rings is 1. The number of carbonyl (C=O) groups excluding carboxylic acids is 2. The van der Waals surface area contributed by atoms with E-state index in [0.29, 0.717) is 0 Å². The van der Waals surface area contributed by atoms with Crippen molar-refractivity contribution in [3.8, 4) is 0 Å². The van der Waals surface area contributed by atoms with E-state index in [-0.39, 0.29) is 28.4 Å². The molecule has 1 aromatic heterocycles. The van der Waals surface area contributed by atoms with Gasteiger partial charge in [-0.05, 0) is 29.8 Å². The van der Waals surface area contributed by atoms with E-state index in [1.165, 1.54) is 24.4 Å². The lowest BCUT2D eigenvalue weighted by Crippen LogP contribution is -2.34. The van der Waals surface area contributed by atoms with Crippen molar-refractivity contribution in [2.45, 2.75) is 11.4 Å². The lowest BCUT2D eigenvalue weighted by molar-refractivity contribution is -0.123. The Labute approximate surface area is 153 Å². The van der Waals surface area contributed by atoms with Gasteiger partial charge in [-0.3, -0.25) is 14.6 Å². The second kappa shape index (κ2) is 6.80. The van der Waals surface area contributed by atoms with Crippen LogP contribution in [0.4, 0.5) is 10.1 Å². The van der Waals surface area contributed by atoms with Gasteiger partial charge in [0.05, 0.1) is 10.6 Å². The first-order valence-electron chi connectivity index (χ1n) is 7.60. The average molecular weight is 390 g/mol. The highest BCUT2D eigenvalue weighted by molar-refractivity contribution is 7.90. The van der Waals surface area contributed by atoms with E-state index >= 15 is 0 Å². The average Bonchev–Trinajstić information content (AvgIpc) is 2.60. The van der Waals surface area contributed by atoms with E-state index in [4.69, 9.17) is 0 Å². The number of aliphatic hydroxyl groups excluding tert-OH is 1. The number of carbonyl (C=O) groups is 2. The summed E-state index contributed by atoms with van der Waals surface area (Å²) in [5.41, 5.74) is -0.356. The first-order chi connectivity index (χ1) is 12.7. The van der Waals surface area contributed by atoms with Crippen LogP contribution in [0.3, 0.4) is 0 Å². The summed E-state index contributed by atoms with van der Waals surface area (Å²) >= 11 is 0. The summed E-state index contributed by atoms with van der Waals surface area (Å²) in [6.45, 7) is -0.305. The number of nitrogens with one attached hydrogen (secondary N) is 1. The van der Waals surface area contributed by atoms with Crippen molar-refractivity contribution in [2.24, 2.45) is 0 Å². The Balaban J connectivity index is 1.88. The molecule has 1 radical (unpaired) electrons. The molecule has 2 amide bonds. The van der Waals surface area contributed by atoms with Crippen molar-refractivity contribution in [3.05, 3.63) is 59.2 Å². The minimum absolute atomic E-state index is 0.0131. The SMILES string of the molecule is CS(=O)(=O)c1cc(F)ccc1CNC(=O)C1=C(O)c2ncccc2[N]C1=O. The summed E-state index contributed by atoms with van der Waals surface area (Å²) in [6, 6.07) is 6.09. The van der Waals surface area contributed by atoms with Gasteiger partial charge >= 0.3 is 0 Å². The van der Waals surface area contributed by atoms with Crippen molar-refractivity contribution < 1.29 is 27.5 Å². The smallest absolute Gasteiger partial charge is 0.287 e. The summed E-state index contributed by atoms with van der Waals surface area (Å²) < 4.78 is 36.9. The predicted molar refractivity (Wildman–Crippen MR) is 91.9 cm³/mol. The van der Waals surface area contributed by atoms with Crippen molar-refractivity contribution in [3.63, 3.8) is 0 Å². The lowest BCUT2D eigenvalue weighted by atomic mass is 10.1. The van der Waals surface area contributed by atoms with Crippen LogP contribution < -0.4 is 10.6 Å². The largest absolute Gasteiger partial charge is 0.505 e. The van der Waals surface area contributed by atoms with Gasteiger partial charge in [0.1, 0.15) is 11.5 Å². The maximum atomic E-state index is 13.4. The van der Waals surface area contributed by atoms with Gasteiger partial charge in [0.2, 0.25) is 0 Å². The number of hydrogen-bond acceptors (Lipinski definition) is 6. The molecule has 3 rings (SSSR count). The second-order valence-corrected chi connectivity index (χ2v) is 7.70. The quantitative estimate of drug-likeness (QED) is 0.750. The summed E-state index contributed by atoms with van der Waals surface area (Å²) in [7, 11) is -3.74. The molecule has 2 aromatic rings. The van der Waals surface area contributed by atoms with Crippen LogP contribution in [-0.2, 0) is 26.0 Å². The molecule has 1 aliphatic rings. The number of sulfone groups is 1. The molecule has 0 spiro atoms. The number of aliphatic hydroxyl groups is 1. The van der Waals surface area contributed by atoms with Crippen molar-refractivity contribution in [2.75, 3.05) is 6.26 Å². The van der Waals surface area contributed by atoms with Crippen LogP contribution in [0, 0.1) is 5.82 Å². The molecule has 0 bridgehead atoms. The monoisotopic (exact) mass is 390 g/mol. The van der Waals surface area contributed by atoms with E-state index in [0.717, 1.165) is 18.4 Å². The number of hydrogen-bond donors (Lipinski definition) is 2. The number of nitrogens with zero attached hydrogens (tertiary/aromatic N) is 2. The zero-order valence-electron chi connectivity index (χ0n) is 13.9. The highest BCUT2D eigenvalue weighted by Crippen LogP contribution is 2.28. The molecule has 8 nitrogen and oxygen atoms in total. The van der Waals surface area contributed by atoms with Crippen LogP contribution in [0.15, 0.2) is 47.0 Å². The van der Waals surface area contributed by atoms with E-state index in [1.807, 2.05) is 0 Å². The number of benzene rings is 1. The van der Waals surface area contributed by atoms with Crippen LogP contribution in [0.25, 0.3) is 5.76 Å². The van der Waals surface area contributed by atoms with Gasteiger partial charge in [-0.25, -0.2) is 18.1 Å². The molecule has 0 aliphatic carbocycles. The van der Waals surface area contributed by atoms with Gasteiger partial charge in [0.15, 0.2) is 21.2 Å².